The number of thiophene rings is 1. The molecule has 1 saturated carbocycles. The van der Waals surface area contributed by atoms with Crippen molar-refractivity contribution in [1.82, 2.24) is 0 Å². The topological polar surface area (TPSA) is 12.4 Å². The molecule has 2 atom stereocenters. The van der Waals surface area contributed by atoms with Crippen LogP contribution < -0.4 is 0 Å². The third kappa shape index (κ3) is 0.930. The van der Waals surface area contributed by atoms with Crippen molar-refractivity contribution in [3.05, 3.63) is 48.0 Å². The molecular weight excluding hydrogens is 238 g/mol. The predicted octanol–water partition coefficient (Wildman–Crippen LogP) is 4.35. The number of rotatable bonds is 1. The first-order chi connectivity index (χ1) is 8.88. The quantitative estimate of drug-likeness (QED) is 0.608. The van der Waals surface area contributed by atoms with E-state index < -0.39 is 0 Å². The summed E-state index contributed by atoms with van der Waals surface area (Å²) < 4.78 is 2.83. The van der Waals surface area contributed by atoms with Crippen LogP contribution in [0.25, 0.3) is 20.2 Å². The Morgan fingerprint density at radius 3 is 2.72 bits per heavy atom. The summed E-state index contributed by atoms with van der Waals surface area (Å²) in [7, 11) is 0. The van der Waals surface area contributed by atoms with Crippen LogP contribution in [-0.4, -0.2) is 6.21 Å². The summed E-state index contributed by atoms with van der Waals surface area (Å²) in [6.07, 6.45) is 3.34. The highest BCUT2D eigenvalue weighted by molar-refractivity contribution is 7.26. The smallest absolute Gasteiger partial charge is 0.0951 e. The molecule has 0 N–H and O–H groups in total. The van der Waals surface area contributed by atoms with Crippen molar-refractivity contribution in [3.8, 4) is 0 Å². The largest absolute Gasteiger partial charge is 0.285 e. The lowest BCUT2D eigenvalue weighted by Gasteiger charge is -2.18. The van der Waals surface area contributed by atoms with Gasteiger partial charge in [-0.1, -0.05) is 36.4 Å². The second kappa shape index (κ2) is 2.83. The normalized spacial score (nSPS) is 28.3. The molecule has 1 aliphatic carbocycles. The van der Waals surface area contributed by atoms with Crippen LogP contribution in [0.5, 0.6) is 0 Å². The molecule has 3 aromatic rings. The molecule has 0 amide bonds. The fourth-order valence-corrected chi connectivity index (χ4v) is 4.51. The van der Waals surface area contributed by atoms with Gasteiger partial charge in [-0.25, -0.2) is 0 Å². The van der Waals surface area contributed by atoms with Gasteiger partial charge in [0.15, 0.2) is 0 Å². The van der Waals surface area contributed by atoms with Gasteiger partial charge in [0.2, 0.25) is 0 Å². The third-order valence-corrected chi connectivity index (χ3v) is 5.56. The maximum Gasteiger partial charge on any atom is 0.0951 e. The summed E-state index contributed by atoms with van der Waals surface area (Å²) in [5.74, 6) is 0.716. The van der Waals surface area contributed by atoms with E-state index in [1.54, 1.807) is 0 Å². The number of nitrogens with zero attached hydrogens (tertiary/aromatic N) is 1. The summed E-state index contributed by atoms with van der Waals surface area (Å²) >= 11 is 1.92. The minimum Gasteiger partial charge on any atom is -0.285 e. The molecule has 2 heteroatoms. The van der Waals surface area contributed by atoms with Gasteiger partial charge in [-0.2, -0.15) is 0 Å². The van der Waals surface area contributed by atoms with Crippen molar-refractivity contribution in [2.45, 2.75) is 12.0 Å². The van der Waals surface area contributed by atoms with Gasteiger partial charge in [-0.3, -0.25) is 4.99 Å². The molecule has 5 rings (SSSR count). The Hall–Kier alpha value is -1.67. The summed E-state index contributed by atoms with van der Waals surface area (Å²) in [5, 5.41) is 2.78. The molecule has 0 bridgehead atoms. The molecule has 1 unspecified atom stereocenters. The Morgan fingerprint density at radius 2 is 1.94 bits per heavy atom. The fraction of sp³-hybridized carbons (Fsp3) is 0.188. The molecule has 18 heavy (non-hydrogen) atoms. The first-order valence-electron chi connectivity index (χ1n) is 6.35. The van der Waals surface area contributed by atoms with Gasteiger partial charge in [0.1, 0.15) is 0 Å². The average Bonchev–Trinajstić information content (AvgIpc) is 2.79. The molecule has 1 aliphatic heterocycles. The van der Waals surface area contributed by atoms with Gasteiger partial charge in [-0.05, 0) is 18.1 Å². The first-order valence-corrected chi connectivity index (χ1v) is 7.16. The maximum atomic E-state index is 4.65. The molecule has 86 valence electrons. The SMILES string of the molecule is C1=N[C@]2(c3cccc4c3sc3ccccc34)CC12. The number of aliphatic imine (C=N–C) groups is 1. The Morgan fingerprint density at radius 1 is 1.06 bits per heavy atom. The highest BCUT2D eigenvalue weighted by Gasteiger charge is 2.60. The molecule has 1 nitrogen and oxygen atoms in total. The molecule has 1 aromatic heterocycles. The van der Waals surface area contributed by atoms with Gasteiger partial charge in [0, 0.05) is 32.3 Å². The monoisotopic (exact) mass is 249 g/mol. The van der Waals surface area contributed by atoms with Gasteiger partial charge in [-0.15, -0.1) is 11.3 Å². The van der Waals surface area contributed by atoms with Crippen molar-refractivity contribution >= 4 is 37.7 Å². The fourth-order valence-electron chi connectivity index (χ4n) is 3.21. The van der Waals surface area contributed by atoms with Crippen molar-refractivity contribution in [1.29, 1.82) is 0 Å². The zero-order valence-electron chi connectivity index (χ0n) is 9.76. The maximum absolute atomic E-state index is 4.65. The van der Waals surface area contributed by atoms with E-state index in [4.69, 9.17) is 0 Å². The van der Waals surface area contributed by atoms with Crippen molar-refractivity contribution in [2.75, 3.05) is 0 Å². The molecule has 0 radical (unpaired) electrons. The third-order valence-electron chi connectivity index (χ3n) is 4.34. The second-order valence-electron chi connectivity index (χ2n) is 5.29. The molecule has 2 aliphatic rings. The number of hydrogen-bond acceptors (Lipinski definition) is 2. The van der Waals surface area contributed by atoms with E-state index in [0.717, 1.165) is 0 Å². The van der Waals surface area contributed by atoms with Crippen LogP contribution in [0.3, 0.4) is 0 Å². The Kier molecular flexibility index (Phi) is 1.46. The lowest BCUT2D eigenvalue weighted by Crippen LogP contribution is -2.15. The zero-order chi connectivity index (χ0) is 11.7. The highest BCUT2D eigenvalue weighted by Crippen LogP contribution is 2.62. The van der Waals surface area contributed by atoms with Crippen molar-refractivity contribution in [2.24, 2.45) is 10.9 Å². The van der Waals surface area contributed by atoms with E-state index in [-0.39, 0.29) is 5.54 Å². The Labute approximate surface area is 109 Å². The summed E-state index contributed by atoms with van der Waals surface area (Å²) in [5.41, 5.74) is 1.62. The van der Waals surface area contributed by atoms with Crippen LogP contribution in [0.15, 0.2) is 47.5 Å². The summed E-state index contributed by atoms with van der Waals surface area (Å²) in [4.78, 5) is 4.65. The van der Waals surface area contributed by atoms with E-state index in [1.807, 2.05) is 11.3 Å². The van der Waals surface area contributed by atoms with Crippen LogP contribution in [0.4, 0.5) is 0 Å². The Balaban J connectivity index is 1.93. The van der Waals surface area contributed by atoms with E-state index in [9.17, 15) is 0 Å². The number of benzene rings is 2. The molecule has 1 fully saturated rings. The molecule has 0 saturated heterocycles. The molecular formula is C16H11NS. The van der Waals surface area contributed by atoms with Gasteiger partial charge >= 0.3 is 0 Å². The second-order valence-corrected chi connectivity index (χ2v) is 6.35. The molecule has 2 aromatic carbocycles. The van der Waals surface area contributed by atoms with Gasteiger partial charge in [0.25, 0.3) is 0 Å². The number of hydrogen-bond donors (Lipinski definition) is 0. The molecule has 0 spiro atoms. The van der Waals surface area contributed by atoms with Crippen LogP contribution in [0.1, 0.15) is 12.0 Å². The minimum absolute atomic E-state index is 0.167. The standard InChI is InChI=1S/C16H11NS/c1-2-7-14-11(4-1)12-5-3-6-13(15(12)18-14)16-8-10(16)9-17-16/h1-7,9-10H,8H2/t10?,16-/m1/s1. The predicted molar refractivity (Wildman–Crippen MR) is 77.6 cm³/mol. The highest BCUT2D eigenvalue weighted by atomic mass is 32.1. The van der Waals surface area contributed by atoms with E-state index >= 15 is 0 Å². The minimum atomic E-state index is 0.167. The first kappa shape index (κ1) is 9.29. The van der Waals surface area contributed by atoms with E-state index in [2.05, 4.69) is 53.7 Å². The van der Waals surface area contributed by atoms with Gasteiger partial charge < -0.3 is 0 Å². The van der Waals surface area contributed by atoms with Crippen LogP contribution in [0.2, 0.25) is 0 Å². The zero-order valence-corrected chi connectivity index (χ0v) is 10.6. The van der Waals surface area contributed by atoms with Crippen LogP contribution in [-0.2, 0) is 5.54 Å². The van der Waals surface area contributed by atoms with Crippen molar-refractivity contribution in [3.63, 3.8) is 0 Å². The summed E-state index contributed by atoms with van der Waals surface area (Å²) in [6.45, 7) is 0. The lowest BCUT2D eigenvalue weighted by molar-refractivity contribution is 0.677. The summed E-state index contributed by atoms with van der Waals surface area (Å²) in [6, 6.07) is 15.4. The number of fused-ring (bicyclic) bond motifs is 4. The Bertz CT molecular complexity index is 829. The lowest BCUT2D eigenvalue weighted by atomic mass is 9.98. The van der Waals surface area contributed by atoms with Crippen LogP contribution >= 0.6 is 11.3 Å². The van der Waals surface area contributed by atoms with Crippen molar-refractivity contribution < 1.29 is 0 Å². The van der Waals surface area contributed by atoms with Gasteiger partial charge in [0.05, 0.1) is 5.54 Å². The van der Waals surface area contributed by atoms with E-state index in [1.165, 1.54) is 32.2 Å². The van der Waals surface area contributed by atoms with Crippen LogP contribution in [0, 0.1) is 5.92 Å². The van der Waals surface area contributed by atoms with E-state index in [0.29, 0.717) is 5.92 Å². The average molecular weight is 249 g/mol. The molecule has 2 heterocycles.